The minimum Gasteiger partial charge on any atom is -0.462 e. The van der Waals surface area contributed by atoms with Crippen molar-refractivity contribution >= 4 is 26.0 Å². The van der Waals surface area contributed by atoms with E-state index < -0.39 is 13.7 Å². The third-order valence-electron chi connectivity index (χ3n) is 9.59. The smallest absolute Gasteiger partial charge is 0.311 e. The summed E-state index contributed by atoms with van der Waals surface area (Å²) < 4.78 is 18.5. The second-order valence-corrected chi connectivity index (χ2v) is 18.8. The lowest BCUT2D eigenvalue weighted by molar-refractivity contribution is -0.165. The molecule has 1 aliphatic heterocycles. The largest absolute Gasteiger partial charge is 0.462 e. The highest BCUT2D eigenvalue weighted by molar-refractivity contribution is 6.74. The average molecular weight is 547 g/mol. The molecule has 214 valence electrons. The molecule has 0 aromatic heterocycles. The molecule has 0 amide bonds. The molecule has 38 heavy (non-hydrogen) atoms. The molecule has 0 radical (unpaired) electrons. The molecule has 3 aliphatic rings. The van der Waals surface area contributed by atoms with Crippen LogP contribution in [0.1, 0.15) is 93.9 Å². The monoisotopic (exact) mass is 546 g/mol. The van der Waals surface area contributed by atoms with E-state index in [1.165, 1.54) is 0 Å². The van der Waals surface area contributed by atoms with Crippen molar-refractivity contribution in [3.63, 3.8) is 0 Å². The van der Waals surface area contributed by atoms with E-state index in [4.69, 9.17) is 13.9 Å². The number of rotatable bonds is 8. The molecule has 7 heteroatoms. The number of hydrogen-bond donors (Lipinski definition) is 0. The van der Waals surface area contributed by atoms with Gasteiger partial charge in [0.1, 0.15) is 12.2 Å². The van der Waals surface area contributed by atoms with E-state index in [0.29, 0.717) is 32.1 Å². The molecule has 6 nitrogen and oxygen atoms in total. The van der Waals surface area contributed by atoms with E-state index in [0.717, 1.165) is 17.6 Å². The van der Waals surface area contributed by atoms with Crippen LogP contribution < -0.4 is 0 Å². The van der Waals surface area contributed by atoms with Crippen molar-refractivity contribution in [2.75, 3.05) is 0 Å². The van der Waals surface area contributed by atoms with Crippen LogP contribution in [0.15, 0.2) is 23.3 Å². The highest BCUT2D eigenvalue weighted by Gasteiger charge is 2.46. The molecule has 3 rings (SSSR count). The molecular weight excluding hydrogens is 496 g/mol. The van der Waals surface area contributed by atoms with E-state index in [1.54, 1.807) is 6.08 Å². The Kier molecular flexibility index (Phi) is 9.24. The summed E-state index contributed by atoms with van der Waals surface area (Å²) in [5, 5.41) is 0.0654. The first-order chi connectivity index (χ1) is 17.4. The Bertz CT molecular complexity index is 985. The van der Waals surface area contributed by atoms with Gasteiger partial charge in [0.2, 0.25) is 0 Å². The zero-order valence-electron chi connectivity index (χ0n) is 25.3. The van der Waals surface area contributed by atoms with Crippen LogP contribution in [0, 0.1) is 23.2 Å². The lowest BCUT2D eigenvalue weighted by Gasteiger charge is -2.44. The van der Waals surface area contributed by atoms with Crippen molar-refractivity contribution in [2.45, 2.75) is 130 Å². The molecule has 0 spiro atoms. The third-order valence-corrected chi connectivity index (χ3v) is 14.1. The van der Waals surface area contributed by atoms with Gasteiger partial charge in [-0.2, -0.15) is 0 Å². The Morgan fingerprint density at radius 2 is 1.74 bits per heavy atom. The summed E-state index contributed by atoms with van der Waals surface area (Å²) in [6, 6.07) is 0. The van der Waals surface area contributed by atoms with Gasteiger partial charge in [-0.25, -0.2) is 0 Å². The van der Waals surface area contributed by atoms with E-state index in [9.17, 15) is 14.4 Å². The summed E-state index contributed by atoms with van der Waals surface area (Å²) in [7, 11) is -2.02. The summed E-state index contributed by atoms with van der Waals surface area (Å²) in [6.45, 7) is 20.9. The second kappa shape index (κ2) is 11.4. The van der Waals surface area contributed by atoms with Crippen LogP contribution in [0.2, 0.25) is 18.1 Å². The maximum absolute atomic E-state index is 13.1. The highest BCUT2D eigenvalue weighted by Crippen LogP contribution is 2.46. The van der Waals surface area contributed by atoms with Gasteiger partial charge < -0.3 is 13.9 Å². The topological polar surface area (TPSA) is 78.9 Å². The number of carbonyl (C=O) groups excluding carboxylic acids is 3. The van der Waals surface area contributed by atoms with Gasteiger partial charge in [0.25, 0.3) is 0 Å². The zero-order valence-corrected chi connectivity index (χ0v) is 26.3. The van der Waals surface area contributed by atoms with Crippen molar-refractivity contribution in [3.8, 4) is 0 Å². The van der Waals surface area contributed by atoms with Gasteiger partial charge in [0.15, 0.2) is 14.1 Å². The number of allylic oxidation sites excluding steroid dienone is 2. The van der Waals surface area contributed by atoms with Crippen molar-refractivity contribution in [2.24, 2.45) is 23.2 Å². The summed E-state index contributed by atoms with van der Waals surface area (Å²) in [6.07, 6.45) is 6.93. The Balaban J connectivity index is 1.77. The molecular formula is C31H50O6Si. The number of esters is 2. The van der Waals surface area contributed by atoms with Crippen LogP contribution in [-0.4, -0.2) is 44.4 Å². The molecule has 2 aliphatic carbocycles. The van der Waals surface area contributed by atoms with E-state index in [1.807, 2.05) is 34.6 Å². The summed E-state index contributed by atoms with van der Waals surface area (Å²) in [4.78, 5) is 38.6. The number of ketones is 1. The molecule has 1 saturated heterocycles. The Morgan fingerprint density at radius 3 is 2.34 bits per heavy atom. The summed E-state index contributed by atoms with van der Waals surface area (Å²) in [5.41, 5.74) is 1.53. The van der Waals surface area contributed by atoms with Gasteiger partial charge in [0, 0.05) is 24.7 Å². The van der Waals surface area contributed by atoms with Crippen LogP contribution >= 0.6 is 0 Å². The van der Waals surface area contributed by atoms with Crippen LogP contribution in [0.5, 0.6) is 0 Å². The minimum absolute atomic E-state index is 0.00905. The average Bonchev–Trinajstić information content (AvgIpc) is 2.78. The fraction of sp³-hybridized carbons (Fsp3) is 0.774. The van der Waals surface area contributed by atoms with Crippen LogP contribution in [0.3, 0.4) is 0 Å². The van der Waals surface area contributed by atoms with E-state index in [2.05, 4.69) is 39.9 Å². The van der Waals surface area contributed by atoms with Gasteiger partial charge in [-0.1, -0.05) is 46.3 Å². The fourth-order valence-corrected chi connectivity index (χ4v) is 7.01. The second-order valence-electron chi connectivity index (χ2n) is 14.0. The molecule has 0 aromatic carbocycles. The number of ether oxygens (including phenoxy) is 2. The number of carbonyl (C=O) groups is 3. The first-order valence-corrected chi connectivity index (χ1v) is 17.4. The van der Waals surface area contributed by atoms with Gasteiger partial charge in [-0.05, 0) is 75.7 Å². The molecule has 0 unspecified atom stereocenters. The van der Waals surface area contributed by atoms with Gasteiger partial charge in [0.05, 0.1) is 17.9 Å². The Labute approximate surface area is 231 Å². The molecule has 0 aromatic rings. The summed E-state index contributed by atoms with van der Waals surface area (Å²) in [5.74, 6) is -0.492. The predicted octanol–water partition coefficient (Wildman–Crippen LogP) is 6.94. The third kappa shape index (κ3) is 6.88. The molecule has 0 N–H and O–H groups in total. The summed E-state index contributed by atoms with van der Waals surface area (Å²) >= 11 is 0. The lowest BCUT2D eigenvalue weighted by atomic mass is 9.64. The lowest BCUT2D eigenvalue weighted by Crippen LogP contribution is -2.47. The first kappa shape index (κ1) is 30.8. The van der Waals surface area contributed by atoms with E-state index >= 15 is 0 Å². The standard InChI is InChI=1S/C31H50O6Si/c1-11-31(7,8)29(34)36-26-15-19(2)14-21-16-25(32)20(3)24(28(21)26)13-12-22-17-23(18-27(33)35-22)37-38(9,10)30(4,5)6/h14,16,20,22-24,26,28H,11-13,15,17-18H2,1-10H3/t20-,22-,23-,24+,26+,28+/m1/s1. The molecule has 6 atom stereocenters. The van der Waals surface area contributed by atoms with Crippen molar-refractivity contribution in [1.29, 1.82) is 0 Å². The zero-order chi connectivity index (χ0) is 28.6. The molecule has 1 heterocycles. The molecule has 1 fully saturated rings. The van der Waals surface area contributed by atoms with Crippen LogP contribution in [0.25, 0.3) is 0 Å². The SMILES string of the molecule is CCC(C)(C)C(=O)O[C@H]1CC(C)=CC2=CC(=O)[C@H](C)[C@H](CC[C@@H]3C[C@@H](O[Si](C)(C)C(C)(C)C)CC(=O)O3)[C@H]21. The normalized spacial score (nSPS) is 30.7. The maximum atomic E-state index is 13.1. The van der Waals surface area contributed by atoms with Crippen molar-refractivity contribution in [3.05, 3.63) is 23.3 Å². The van der Waals surface area contributed by atoms with Gasteiger partial charge in [-0.15, -0.1) is 0 Å². The first-order valence-electron chi connectivity index (χ1n) is 14.5. The number of fused-ring (bicyclic) bond motifs is 1. The van der Waals surface area contributed by atoms with Crippen LogP contribution in [-0.2, 0) is 28.3 Å². The fourth-order valence-electron chi connectivity index (χ4n) is 5.65. The Morgan fingerprint density at radius 1 is 1.08 bits per heavy atom. The van der Waals surface area contributed by atoms with Crippen molar-refractivity contribution < 1.29 is 28.3 Å². The minimum atomic E-state index is -2.02. The van der Waals surface area contributed by atoms with E-state index in [-0.39, 0.29) is 58.8 Å². The quantitative estimate of drug-likeness (QED) is 0.242. The number of hydrogen-bond acceptors (Lipinski definition) is 6. The maximum Gasteiger partial charge on any atom is 0.311 e. The Hall–Kier alpha value is -1.73. The predicted molar refractivity (Wildman–Crippen MR) is 152 cm³/mol. The molecule has 0 bridgehead atoms. The highest BCUT2D eigenvalue weighted by atomic mass is 28.4. The van der Waals surface area contributed by atoms with Crippen molar-refractivity contribution in [1.82, 2.24) is 0 Å². The number of cyclic esters (lactones) is 1. The molecule has 0 saturated carbocycles. The van der Waals surface area contributed by atoms with Gasteiger partial charge in [-0.3, -0.25) is 14.4 Å². The van der Waals surface area contributed by atoms with Gasteiger partial charge >= 0.3 is 11.9 Å². The van der Waals surface area contributed by atoms with Crippen LogP contribution in [0.4, 0.5) is 0 Å².